The number of carboxylic acid groups (broad SMARTS) is 3. The molecule has 0 unspecified atom stereocenters. The summed E-state index contributed by atoms with van der Waals surface area (Å²) in [5.41, 5.74) is 0. The molecule has 0 aromatic rings. The number of hydrogen-bond donors (Lipinski definition) is 3. The van der Waals surface area contributed by atoms with Crippen LogP contribution in [-0.2, 0) is 14.4 Å². The third-order valence-electron chi connectivity index (χ3n) is 7.03. The van der Waals surface area contributed by atoms with Crippen molar-refractivity contribution in [3.8, 4) is 0 Å². The van der Waals surface area contributed by atoms with E-state index in [0.29, 0.717) is 6.42 Å². The van der Waals surface area contributed by atoms with Crippen LogP contribution in [0.4, 0.5) is 0 Å². The average molecular weight is 543 g/mol. The van der Waals surface area contributed by atoms with Crippen LogP contribution in [0.2, 0.25) is 0 Å². The highest BCUT2D eigenvalue weighted by molar-refractivity contribution is 5.67. The Bertz CT molecular complexity index is 500. The smallest absolute Gasteiger partial charge is 0.303 e. The van der Waals surface area contributed by atoms with E-state index in [2.05, 4.69) is 6.92 Å². The van der Waals surface area contributed by atoms with Gasteiger partial charge in [0, 0.05) is 19.3 Å². The zero-order valence-corrected chi connectivity index (χ0v) is 24.9. The topological polar surface area (TPSA) is 112 Å². The van der Waals surface area contributed by atoms with E-state index >= 15 is 0 Å². The van der Waals surface area contributed by atoms with Crippen molar-refractivity contribution in [3.05, 3.63) is 0 Å². The summed E-state index contributed by atoms with van der Waals surface area (Å²) in [6, 6.07) is 0. The summed E-state index contributed by atoms with van der Waals surface area (Å²) in [7, 11) is 0. The van der Waals surface area contributed by atoms with Crippen LogP contribution in [0.3, 0.4) is 0 Å². The molecule has 0 saturated heterocycles. The summed E-state index contributed by atoms with van der Waals surface area (Å²) in [5.74, 6) is -2.13. The Morgan fingerprint density at radius 1 is 0.316 bits per heavy atom. The highest BCUT2D eigenvalue weighted by Crippen LogP contribution is 2.15. The number of hydrogen-bond acceptors (Lipinski definition) is 3. The van der Waals surface area contributed by atoms with Crippen LogP contribution in [0.15, 0.2) is 0 Å². The molecule has 0 heterocycles. The van der Waals surface area contributed by atoms with Gasteiger partial charge in [-0.1, -0.05) is 148 Å². The van der Waals surface area contributed by atoms with Crippen LogP contribution >= 0.6 is 0 Å². The van der Waals surface area contributed by atoms with E-state index in [1.54, 1.807) is 0 Å². The van der Waals surface area contributed by atoms with E-state index in [4.69, 9.17) is 15.3 Å². The Morgan fingerprint density at radius 3 is 0.632 bits per heavy atom. The van der Waals surface area contributed by atoms with E-state index in [-0.39, 0.29) is 12.8 Å². The SMILES string of the molecule is CCCCCCCCCCCCCCCCCCCCCC(=O)O.O=C(O)CCCCCCCCC(=O)O. The van der Waals surface area contributed by atoms with Crippen molar-refractivity contribution in [2.45, 2.75) is 187 Å². The van der Waals surface area contributed by atoms with Crippen LogP contribution < -0.4 is 0 Å². The molecule has 0 aliphatic rings. The van der Waals surface area contributed by atoms with Gasteiger partial charge in [0.1, 0.15) is 0 Å². The lowest BCUT2D eigenvalue weighted by Crippen LogP contribution is -1.94. The molecule has 0 atom stereocenters. The van der Waals surface area contributed by atoms with Gasteiger partial charge in [0.15, 0.2) is 0 Å². The Morgan fingerprint density at radius 2 is 0.474 bits per heavy atom. The summed E-state index contributed by atoms with van der Waals surface area (Å²) < 4.78 is 0. The molecule has 0 saturated carbocycles. The Labute approximate surface area is 234 Å². The minimum Gasteiger partial charge on any atom is -0.481 e. The molecule has 0 aliphatic carbocycles. The molecule has 6 nitrogen and oxygen atoms in total. The average Bonchev–Trinajstić information content (AvgIpc) is 2.87. The van der Waals surface area contributed by atoms with Crippen molar-refractivity contribution < 1.29 is 29.7 Å². The lowest BCUT2D eigenvalue weighted by molar-refractivity contribution is -0.138. The van der Waals surface area contributed by atoms with E-state index in [1.165, 1.54) is 109 Å². The zero-order chi connectivity index (χ0) is 28.5. The van der Waals surface area contributed by atoms with Crippen molar-refractivity contribution >= 4 is 17.9 Å². The second kappa shape index (κ2) is 33.4. The molecule has 3 N–H and O–H groups in total. The lowest BCUT2D eigenvalue weighted by atomic mass is 10.0. The maximum atomic E-state index is 10.4. The Balaban J connectivity index is 0. The Hall–Kier alpha value is -1.59. The maximum absolute atomic E-state index is 10.4. The molecule has 6 heteroatoms. The van der Waals surface area contributed by atoms with Crippen molar-refractivity contribution in [2.24, 2.45) is 0 Å². The van der Waals surface area contributed by atoms with Crippen LogP contribution in [0.1, 0.15) is 187 Å². The molecule has 226 valence electrons. The molecule has 0 aliphatic heterocycles. The third kappa shape index (κ3) is 41.5. The van der Waals surface area contributed by atoms with Crippen molar-refractivity contribution in [1.29, 1.82) is 0 Å². The predicted octanol–water partition coefficient (Wildman–Crippen LogP) is 10.2. The highest BCUT2D eigenvalue weighted by Gasteiger charge is 1.99. The first-order chi connectivity index (χ1) is 18.4. The quantitative estimate of drug-likeness (QED) is 0.0810. The van der Waals surface area contributed by atoms with Crippen LogP contribution in [0.25, 0.3) is 0 Å². The molecular weight excluding hydrogens is 480 g/mol. The molecular formula is C32H62O6. The van der Waals surface area contributed by atoms with Gasteiger partial charge in [-0.15, -0.1) is 0 Å². The van der Waals surface area contributed by atoms with Gasteiger partial charge < -0.3 is 15.3 Å². The summed E-state index contributed by atoms with van der Waals surface area (Å²) >= 11 is 0. The summed E-state index contributed by atoms with van der Waals surface area (Å²) in [6.45, 7) is 2.28. The summed E-state index contributed by atoms with van der Waals surface area (Å²) in [5, 5.41) is 25.3. The number of rotatable bonds is 29. The van der Waals surface area contributed by atoms with Gasteiger partial charge in [0.25, 0.3) is 0 Å². The number of carboxylic acids is 3. The fourth-order valence-corrected chi connectivity index (χ4v) is 4.61. The zero-order valence-electron chi connectivity index (χ0n) is 24.9. The van der Waals surface area contributed by atoms with Gasteiger partial charge in [-0.2, -0.15) is 0 Å². The van der Waals surface area contributed by atoms with Gasteiger partial charge in [0.05, 0.1) is 0 Å². The van der Waals surface area contributed by atoms with Crippen LogP contribution in [0, 0.1) is 0 Å². The molecule has 0 fully saturated rings. The fraction of sp³-hybridized carbons (Fsp3) is 0.906. The standard InChI is InChI=1S/C22H44O2.C10H18O4/c1-2-3-4-5-6-7-8-9-10-11-12-13-14-15-16-17-18-19-20-21-22(23)24;11-9(12)7-5-3-1-2-4-6-8-10(13)14/h2-21H2,1H3,(H,23,24);1-8H2,(H,11,12)(H,13,14). The van der Waals surface area contributed by atoms with Gasteiger partial charge in [-0.05, 0) is 19.3 Å². The first kappa shape index (κ1) is 38.6. The monoisotopic (exact) mass is 542 g/mol. The van der Waals surface area contributed by atoms with E-state index in [1.807, 2.05) is 0 Å². The molecule has 0 bridgehead atoms. The molecule has 38 heavy (non-hydrogen) atoms. The highest BCUT2D eigenvalue weighted by atomic mass is 16.4. The van der Waals surface area contributed by atoms with Crippen molar-refractivity contribution in [2.75, 3.05) is 0 Å². The maximum Gasteiger partial charge on any atom is 0.303 e. The largest absolute Gasteiger partial charge is 0.481 e. The summed E-state index contributed by atoms with van der Waals surface area (Å²) in [4.78, 5) is 30.7. The van der Waals surface area contributed by atoms with Crippen LogP contribution in [0.5, 0.6) is 0 Å². The molecule has 0 aromatic heterocycles. The third-order valence-corrected chi connectivity index (χ3v) is 7.03. The van der Waals surface area contributed by atoms with E-state index in [9.17, 15) is 14.4 Å². The number of carbonyl (C=O) groups is 3. The van der Waals surface area contributed by atoms with Crippen molar-refractivity contribution in [3.63, 3.8) is 0 Å². The van der Waals surface area contributed by atoms with E-state index < -0.39 is 17.9 Å². The predicted molar refractivity (Wildman–Crippen MR) is 158 cm³/mol. The van der Waals surface area contributed by atoms with Gasteiger partial charge in [-0.3, -0.25) is 14.4 Å². The number of unbranched alkanes of at least 4 members (excludes halogenated alkanes) is 23. The molecule has 0 amide bonds. The molecule has 0 spiro atoms. The fourth-order valence-electron chi connectivity index (χ4n) is 4.61. The second-order valence-corrected chi connectivity index (χ2v) is 10.9. The van der Waals surface area contributed by atoms with Gasteiger partial charge in [-0.25, -0.2) is 0 Å². The first-order valence-electron chi connectivity index (χ1n) is 16.1. The minimum atomic E-state index is -0.740. The number of aliphatic carboxylic acids is 3. The Kier molecular flexibility index (Phi) is 33.9. The van der Waals surface area contributed by atoms with Crippen molar-refractivity contribution in [1.82, 2.24) is 0 Å². The van der Waals surface area contributed by atoms with Gasteiger partial charge in [0.2, 0.25) is 0 Å². The van der Waals surface area contributed by atoms with Gasteiger partial charge >= 0.3 is 17.9 Å². The van der Waals surface area contributed by atoms with E-state index in [0.717, 1.165) is 51.4 Å². The first-order valence-corrected chi connectivity index (χ1v) is 16.1. The molecule has 0 aromatic carbocycles. The summed E-state index contributed by atoms with van der Waals surface area (Å²) in [6.07, 6.45) is 31.9. The second-order valence-electron chi connectivity index (χ2n) is 10.9. The molecule has 0 radical (unpaired) electrons. The molecule has 0 rings (SSSR count). The lowest BCUT2D eigenvalue weighted by Gasteiger charge is -2.03. The van der Waals surface area contributed by atoms with Crippen LogP contribution in [-0.4, -0.2) is 33.2 Å². The normalized spacial score (nSPS) is 10.7. The minimum absolute atomic E-state index is 0.245.